The molecule has 106 valence electrons. The predicted molar refractivity (Wildman–Crippen MR) is 76.1 cm³/mol. The van der Waals surface area contributed by atoms with E-state index in [1.54, 1.807) is 6.07 Å². The summed E-state index contributed by atoms with van der Waals surface area (Å²) in [5.74, 6) is -0.622. The van der Waals surface area contributed by atoms with Crippen LogP contribution in [0.5, 0.6) is 5.75 Å². The molecule has 0 aliphatic rings. The first kappa shape index (κ1) is 14.5. The van der Waals surface area contributed by atoms with Gasteiger partial charge in [0, 0.05) is 0 Å². The van der Waals surface area contributed by atoms with Crippen LogP contribution in [0.4, 0.5) is 8.78 Å². The summed E-state index contributed by atoms with van der Waals surface area (Å²) in [6.45, 7) is 4.59. The second-order valence-corrected chi connectivity index (χ2v) is 4.86. The Hall–Kier alpha value is -1.90. The van der Waals surface area contributed by atoms with Crippen LogP contribution in [0.1, 0.15) is 30.9 Å². The van der Waals surface area contributed by atoms with Gasteiger partial charge >= 0.3 is 0 Å². The molecule has 0 saturated heterocycles. The molecular formula is C17H18F2O. The van der Waals surface area contributed by atoms with Crippen LogP contribution >= 0.6 is 0 Å². The van der Waals surface area contributed by atoms with Gasteiger partial charge in [0.05, 0.1) is 6.61 Å². The number of benzene rings is 2. The van der Waals surface area contributed by atoms with Gasteiger partial charge in [-0.2, -0.15) is 0 Å². The first-order chi connectivity index (χ1) is 9.60. The van der Waals surface area contributed by atoms with Crippen molar-refractivity contribution in [2.24, 2.45) is 0 Å². The highest BCUT2D eigenvalue weighted by atomic mass is 19.2. The fourth-order valence-corrected chi connectivity index (χ4v) is 2.18. The zero-order valence-corrected chi connectivity index (χ0v) is 11.7. The normalized spacial score (nSPS) is 12.2. The zero-order valence-electron chi connectivity index (χ0n) is 11.7. The van der Waals surface area contributed by atoms with Crippen molar-refractivity contribution in [2.45, 2.75) is 26.2 Å². The molecule has 0 bridgehead atoms. The van der Waals surface area contributed by atoms with Gasteiger partial charge < -0.3 is 4.74 Å². The Labute approximate surface area is 118 Å². The topological polar surface area (TPSA) is 9.23 Å². The van der Waals surface area contributed by atoms with Crippen molar-refractivity contribution < 1.29 is 13.5 Å². The van der Waals surface area contributed by atoms with Crippen LogP contribution in [0.2, 0.25) is 0 Å². The molecule has 20 heavy (non-hydrogen) atoms. The molecule has 0 N–H and O–H groups in total. The number of halogens is 2. The van der Waals surface area contributed by atoms with Crippen LogP contribution in [0, 0.1) is 11.6 Å². The fourth-order valence-electron chi connectivity index (χ4n) is 2.18. The lowest BCUT2D eigenvalue weighted by Gasteiger charge is -2.13. The van der Waals surface area contributed by atoms with Gasteiger partial charge in [0.2, 0.25) is 0 Å². The highest BCUT2D eigenvalue weighted by Crippen LogP contribution is 2.23. The first-order valence-corrected chi connectivity index (χ1v) is 6.77. The van der Waals surface area contributed by atoms with E-state index in [2.05, 4.69) is 0 Å². The first-order valence-electron chi connectivity index (χ1n) is 6.77. The third-order valence-electron chi connectivity index (χ3n) is 3.29. The summed E-state index contributed by atoms with van der Waals surface area (Å²) in [5, 5.41) is 0. The van der Waals surface area contributed by atoms with Crippen molar-refractivity contribution in [3.05, 3.63) is 65.2 Å². The van der Waals surface area contributed by atoms with Crippen LogP contribution in [0.25, 0.3) is 0 Å². The molecule has 0 spiro atoms. The summed E-state index contributed by atoms with van der Waals surface area (Å²) in [5.41, 5.74) is 1.95. The smallest absolute Gasteiger partial charge is 0.159 e. The maximum atomic E-state index is 13.2. The lowest BCUT2D eigenvalue weighted by atomic mass is 9.93. The lowest BCUT2D eigenvalue weighted by molar-refractivity contribution is 0.340. The van der Waals surface area contributed by atoms with Gasteiger partial charge in [0.25, 0.3) is 0 Å². The molecule has 1 atom stereocenters. The van der Waals surface area contributed by atoms with Gasteiger partial charge in [0.1, 0.15) is 5.75 Å². The van der Waals surface area contributed by atoms with Gasteiger partial charge in [-0.15, -0.1) is 0 Å². The quantitative estimate of drug-likeness (QED) is 0.768. The van der Waals surface area contributed by atoms with Crippen molar-refractivity contribution in [3.8, 4) is 5.75 Å². The molecule has 0 aliphatic heterocycles. The van der Waals surface area contributed by atoms with Crippen LogP contribution in [0.15, 0.2) is 42.5 Å². The Balaban J connectivity index is 2.06. The van der Waals surface area contributed by atoms with Gasteiger partial charge in [-0.3, -0.25) is 0 Å². The molecule has 0 saturated carbocycles. The highest BCUT2D eigenvalue weighted by molar-refractivity contribution is 5.30. The number of hydrogen-bond donors (Lipinski definition) is 0. The minimum absolute atomic E-state index is 0.128. The number of hydrogen-bond acceptors (Lipinski definition) is 1. The predicted octanol–water partition coefficient (Wildman–Crippen LogP) is 4.71. The molecule has 0 fully saturated rings. The number of ether oxygens (including phenoxy) is 1. The molecule has 0 amide bonds. The molecule has 1 unspecified atom stereocenters. The molecular weight excluding hydrogens is 258 g/mol. The van der Waals surface area contributed by atoms with Crippen LogP contribution in [0.3, 0.4) is 0 Å². The molecule has 0 aromatic heterocycles. The van der Waals surface area contributed by atoms with Gasteiger partial charge in [0.15, 0.2) is 11.6 Å². The standard InChI is InChI=1S/C17H18F2O/c1-3-20-15-7-4-13(5-8-15)10-12(2)14-6-9-16(18)17(19)11-14/h4-9,11-12H,3,10H2,1-2H3. The monoisotopic (exact) mass is 276 g/mol. The summed E-state index contributed by atoms with van der Waals surface area (Å²) in [6.07, 6.45) is 0.775. The van der Waals surface area contributed by atoms with Crippen molar-refractivity contribution in [1.82, 2.24) is 0 Å². The summed E-state index contributed by atoms with van der Waals surface area (Å²) in [6, 6.07) is 11.9. The van der Waals surface area contributed by atoms with Crippen LogP contribution in [-0.2, 0) is 6.42 Å². The zero-order chi connectivity index (χ0) is 14.5. The van der Waals surface area contributed by atoms with Crippen molar-refractivity contribution in [3.63, 3.8) is 0 Å². The van der Waals surface area contributed by atoms with E-state index in [4.69, 9.17) is 4.74 Å². The number of rotatable bonds is 5. The minimum Gasteiger partial charge on any atom is -0.494 e. The van der Waals surface area contributed by atoms with E-state index in [0.717, 1.165) is 23.3 Å². The van der Waals surface area contributed by atoms with Crippen molar-refractivity contribution in [2.75, 3.05) is 6.61 Å². The van der Waals surface area contributed by atoms with E-state index in [1.165, 1.54) is 12.1 Å². The minimum atomic E-state index is -0.804. The average Bonchev–Trinajstić information content (AvgIpc) is 2.44. The second kappa shape index (κ2) is 6.51. The average molecular weight is 276 g/mol. The Morgan fingerprint density at radius 2 is 1.70 bits per heavy atom. The lowest BCUT2D eigenvalue weighted by Crippen LogP contribution is -2.00. The molecule has 0 aliphatic carbocycles. The molecule has 0 radical (unpaired) electrons. The maximum absolute atomic E-state index is 13.2. The van der Waals surface area contributed by atoms with E-state index in [9.17, 15) is 8.78 Å². The Bertz CT molecular complexity index is 564. The van der Waals surface area contributed by atoms with Crippen LogP contribution < -0.4 is 4.74 Å². The summed E-state index contributed by atoms with van der Waals surface area (Å²) in [7, 11) is 0. The van der Waals surface area contributed by atoms with Gasteiger partial charge in [-0.1, -0.05) is 25.1 Å². The Morgan fingerprint density at radius 3 is 2.30 bits per heavy atom. The van der Waals surface area contributed by atoms with Crippen LogP contribution in [-0.4, -0.2) is 6.61 Å². The third kappa shape index (κ3) is 3.56. The Kier molecular flexibility index (Phi) is 4.72. The summed E-state index contributed by atoms with van der Waals surface area (Å²) < 4.78 is 31.5. The molecule has 2 aromatic rings. The second-order valence-electron chi connectivity index (χ2n) is 4.86. The van der Waals surface area contributed by atoms with Crippen molar-refractivity contribution in [1.29, 1.82) is 0 Å². The highest BCUT2D eigenvalue weighted by Gasteiger charge is 2.10. The molecule has 2 rings (SSSR count). The summed E-state index contributed by atoms with van der Waals surface area (Å²) in [4.78, 5) is 0. The maximum Gasteiger partial charge on any atom is 0.159 e. The van der Waals surface area contributed by atoms with Crippen molar-refractivity contribution >= 4 is 0 Å². The SMILES string of the molecule is CCOc1ccc(CC(C)c2ccc(F)c(F)c2)cc1. The fraction of sp³-hybridized carbons (Fsp3) is 0.294. The Morgan fingerprint density at radius 1 is 1.00 bits per heavy atom. The van der Waals surface area contributed by atoms with E-state index in [0.29, 0.717) is 6.61 Å². The van der Waals surface area contributed by atoms with E-state index in [-0.39, 0.29) is 5.92 Å². The van der Waals surface area contributed by atoms with Gasteiger partial charge in [-0.05, 0) is 54.7 Å². The third-order valence-corrected chi connectivity index (χ3v) is 3.29. The summed E-state index contributed by atoms with van der Waals surface area (Å²) >= 11 is 0. The molecule has 3 heteroatoms. The largest absolute Gasteiger partial charge is 0.494 e. The molecule has 1 nitrogen and oxygen atoms in total. The van der Waals surface area contributed by atoms with Gasteiger partial charge in [-0.25, -0.2) is 8.78 Å². The molecule has 0 heterocycles. The van der Waals surface area contributed by atoms with E-state index >= 15 is 0 Å². The molecule has 2 aromatic carbocycles. The van der Waals surface area contributed by atoms with E-state index in [1.807, 2.05) is 38.1 Å². The van der Waals surface area contributed by atoms with E-state index < -0.39 is 11.6 Å².